The van der Waals surface area contributed by atoms with E-state index in [9.17, 15) is 9.90 Å². The number of carbonyl (C=O) groups excluding carboxylic acids is 1. The van der Waals surface area contributed by atoms with Gasteiger partial charge in [-0.25, -0.2) is 0 Å². The molecule has 7 nitrogen and oxygen atoms in total. The summed E-state index contributed by atoms with van der Waals surface area (Å²) < 4.78 is 11.2. The van der Waals surface area contributed by atoms with E-state index in [0.717, 1.165) is 37.6 Å². The van der Waals surface area contributed by atoms with Gasteiger partial charge in [0.25, 0.3) is 0 Å². The van der Waals surface area contributed by atoms with Gasteiger partial charge in [-0.15, -0.1) is 0 Å². The molecule has 0 aliphatic carbocycles. The third-order valence-corrected chi connectivity index (χ3v) is 6.07. The van der Waals surface area contributed by atoms with E-state index in [0.29, 0.717) is 29.1 Å². The maximum absolute atomic E-state index is 12.9. The monoisotopic (exact) mass is 443 g/mol. The average Bonchev–Trinajstić information content (AvgIpc) is 3.17. The number of nitrogens with zero attached hydrogens (tertiary/aromatic N) is 3. The van der Waals surface area contributed by atoms with E-state index in [2.05, 4.69) is 26.9 Å². The Kier molecular flexibility index (Phi) is 5.71. The molecule has 3 aromatic rings. The Bertz CT molecular complexity index is 1180. The number of allylic oxidation sites excluding steroid dienone is 1. The average molecular weight is 444 g/mol. The number of carbonyl (C=O) groups is 1. The summed E-state index contributed by atoms with van der Waals surface area (Å²) in [5, 5.41) is 10.6. The number of piperazine rings is 1. The number of fused-ring (bicyclic) bond motifs is 1. The molecule has 1 N–H and O–H groups in total. The third-order valence-electron chi connectivity index (χ3n) is 6.07. The van der Waals surface area contributed by atoms with Crippen molar-refractivity contribution in [1.29, 1.82) is 0 Å². The topological polar surface area (TPSA) is 75.1 Å². The highest BCUT2D eigenvalue weighted by Gasteiger charge is 2.32. The molecular formula is C26H25N3O4. The molecule has 0 saturated carbocycles. The molecule has 0 radical (unpaired) electrons. The van der Waals surface area contributed by atoms with E-state index in [1.54, 1.807) is 31.5 Å². The Labute approximate surface area is 192 Å². The van der Waals surface area contributed by atoms with Crippen LogP contribution in [0, 0.1) is 0 Å². The highest BCUT2D eigenvalue weighted by atomic mass is 16.5. The van der Waals surface area contributed by atoms with Crippen LogP contribution >= 0.6 is 0 Å². The number of phenols is 1. The predicted octanol–water partition coefficient (Wildman–Crippen LogP) is 3.73. The largest absolute Gasteiger partial charge is 0.507 e. The Balaban J connectivity index is 1.30. The van der Waals surface area contributed by atoms with Crippen molar-refractivity contribution >= 4 is 17.5 Å². The number of ketones is 1. The number of phenolic OH excluding ortho intramolecular Hbond substituents is 1. The fourth-order valence-electron chi connectivity index (χ4n) is 4.23. The minimum atomic E-state index is -0.193. The Hall–Kier alpha value is -3.84. The van der Waals surface area contributed by atoms with Crippen LogP contribution in [0.25, 0.3) is 6.08 Å². The zero-order valence-electron chi connectivity index (χ0n) is 18.4. The normalized spacial score (nSPS) is 17.2. The van der Waals surface area contributed by atoms with Crippen LogP contribution in [-0.2, 0) is 6.54 Å². The molecule has 0 amide bonds. The minimum absolute atomic E-state index is 0.137. The van der Waals surface area contributed by atoms with Crippen LogP contribution < -0.4 is 14.4 Å². The number of hydrogen-bond acceptors (Lipinski definition) is 7. The summed E-state index contributed by atoms with van der Waals surface area (Å²) in [4.78, 5) is 21.7. The van der Waals surface area contributed by atoms with Crippen LogP contribution in [-0.4, -0.2) is 54.1 Å². The lowest BCUT2D eigenvalue weighted by Gasteiger charge is -2.36. The van der Waals surface area contributed by atoms with Gasteiger partial charge in [-0.3, -0.25) is 14.7 Å². The van der Waals surface area contributed by atoms with Crippen molar-refractivity contribution in [2.45, 2.75) is 6.54 Å². The fraction of sp³-hybridized carbons (Fsp3) is 0.231. The number of Topliss-reactive ketones (excluding diaryl/α,β-unsaturated/α-hetero) is 1. The lowest BCUT2D eigenvalue weighted by Crippen LogP contribution is -2.46. The van der Waals surface area contributed by atoms with Crippen molar-refractivity contribution in [2.75, 3.05) is 38.2 Å². The third kappa shape index (κ3) is 4.27. The summed E-state index contributed by atoms with van der Waals surface area (Å²) in [5.41, 5.74) is 2.93. The number of methoxy groups -OCH3 is 1. The summed E-state index contributed by atoms with van der Waals surface area (Å²) in [6.07, 6.45) is 3.30. The molecule has 0 bridgehead atoms. The predicted molar refractivity (Wildman–Crippen MR) is 126 cm³/mol. The number of rotatable bonds is 5. The van der Waals surface area contributed by atoms with E-state index in [1.165, 1.54) is 0 Å². The molecule has 0 unspecified atom stereocenters. The number of benzene rings is 2. The molecule has 33 heavy (non-hydrogen) atoms. The number of pyridine rings is 1. The number of aromatic hydroxyl groups is 1. The van der Waals surface area contributed by atoms with E-state index in [1.807, 2.05) is 30.3 Å². The zero-order valence-corrected chi connectivity index (χ0v) is 18.4. The van der Waals surface area contributed by atoms with Crippen LogP contribution in [0.15, 0.2) is 66.6 Å². The Morgan fingerprint density at radius 3 is 2.55 bits per heavy atom. The summed E-state index contributed by atoms with van der Waals surface area (Å²) >= 11 is 0. The molecule has 2 aliphatic heterocycles. The second-order valence-electron chi connectivity index (χ2n) is 8.10. The molecule has 1 aromatic heterocycles. The second-order valence-corrected chi connectivity index (χ2v) is 8.10. The molecule has 0 spiro atoms. The quantitative estimate of drug-likeness (QED) is 0.602. The van der Waals surface area contributed by atoms with Gasteiger partial charge in [-0.1, -0.05) is 6.07 Å². The molecule has 7 heteroatoms. The van der Waals surface area contributed by atoms with Gasteiger partial charge in [0.15, 0.2) is 5.76 Å². The van der Waals surface area contributed by atoms with Crippen molar-refractivity contribution in [3.05, 3.63) is 83.4 Å². The van der Waals surface area contributed by atoms with Gasteiger partial charge in [-0.2, -0.15) is 0 Å². The van der Waals surface area contributed by atoms with E-state index >= 15 is 0 Å². The molecule has 0 atom stereocenters. The van der Waals surface area contributed by atoms with Crippen LogP contribution in [0.1, 0.15) is 21.6 Å². The van der Waals surface area contributed by atoms with Gasteiger partial charge < -0.3 is 19.5 Å². The first-order valence-electron chi connectivity index (χ1n) is 10.9. The van der Waals surface area contributed by atoms with Crippen LogP contribution in [0.3, 0.4) is 0 Å². The molecule has 3 heterocycles. The van der Waals surface area contributed by atoms with E-state index in [-0.39, 0.29) is 17.3 Å². The number of hydrogen-bond donors (Lipinski definition) is 1. The van der Waals surface area contributed by atoms with E-state index in [4.69, 9.17) is 9.47 Å². The summed E-state index contributed by atoms with van der Waals surface area (Å²) in [5.74, 6) is 1.45. The van der Waals surface area contributed by atoms with Crippen molar-refractivity contribution in [3.8, 4) is 17.2 Å². The summed E-state index contributed by atoms with van der Waals surface area (Å²) in [7, 11) is 1.66. The van der Waals surface area contributed by atoms with Gasteiger partial charge >= 0.3 is 0 Å². The van der Waals surface area contributed by atoms with Crippen molar-refractivity contribution < 1.29 is 19.4 Å². The fourth-order valence-corrected chi connectivity index (χ4v) is 4.23. The molecule has 2 aliphatic rings. The first-order chi connectivity index (χ1) is 16.1. The highest BCUT2D eigenvalue weighted by molar-refractivity contribution is 6.14. The van der Waals surface area contributed by atoms with Gasteiger partial charge in [0.05, 0.1) is 23.9 Å². The van der Waals surface area contributed by atoms with Crippen molar-refractivity contribution in [2.24, 2.45) is 0 Å². The van der Waals surface area contributed by atoms with Gasteiger partial charge in [0, 0.05) is 50.7 Å². The summed E-state index contributed by atoms with van der Waals surface area (Å²) in [6.45, 7) is 3.91. The Morgan fingerprint density at radius 1 is 1.06 bits per heavy atom. The highest BCUT2D eigenvalue weighted by Crippen LogP contribution is 2.40. The lowest BCUT2D eigenvalue weighted by atomic mass is 10.0. The molecule has 5 rings (SSSR count). The summed E-state index contributed by atoms with van der Waals surface area (Å²) in [6, 6.07) is 16.8. The first kappa shape index (κ1) is 21.0. The lowest BCUT2D eigenvalue weighted by molar-refractivity contribution is 0.101. The molecule has 1 saturated heterocycles. The standard InChI is InChI=1S/C26H25N3O4/c1-32-20-7-5-19(6-8-20)29-14-12-28(13-15-29)17-22-23(30)10-9-21-25(31)24(33-26(21)22)16-18-4-2-3-11-27-18/h2-11,16,30H,12-15,17H2,1H3/b24-16-. The first-order valence-corrected chi connectivity index (χ1v) is 10.9. The van der Waals surface area contributed by atoms with Crippen molar-refractivity contribution in [3.63, 3.8) is 0 Å². The maximum Gasteiger partial charge on any atom is 0.232 e. The second kappa shape index (κ2) is 8.96. The smallest absolute Gasteiger partial charge is 0.232 e. The van der Waals surface area contributed by atoms with E-state index < -0.39 is 0 Å². The Morgan fingerprint density at radius 2 is 1.85 bits per heavy atom. The van der Waals surface area contributed by atoms with Crippen LogP contribution in [0.5, 0.6) is 17.2 Å². The van der Waals surface area contributed by atoms with Gasteiger partial charge in [-0.05, 0) is 48.5 Å². The molecule has 2 aromatic carbocycles. The molecular weight excluding hydrogens is 418 g/mol. The van der Waals surface area contributed by atoms with Crippen LogP contribution in [0.4, 0.5) is 5.69 Å². The minimum Gasteiger partial charge on any atom is -0.507 e. The number of aromatic nitrogens is 1. The number of anilines is 1. The van der Waals surface area contributed by atoms with Gasteiger partial charge in [0.1, 0.15) is 17.2 Å². The molecule has 1 fully saturated rings. The van der Waals surface area contributed by atoms with Crippen molar-refractivity contribution in [1.82, 2.24) is 9.88 Å². The van der Waals surface area contributed by atoms with Crippen LogP contribution in [0.2, 0.25) is 0 Å². The number of ether oxygens (including phenoxy) is 2. The zero-order chi connectivity index (χ0) is 22.8. The van der Waals surface area contributed by atoms with Gasteiger partial charge in [0.2, 0.25) is 5.78 Å². The maximum atomic E-state index is 12.9. The molecule has 168 valence electrons. The SMILES string of the molecule is COc1ccc(N2CCN(Cc3c(O)ccc4c3O/C(=C\c3ccccn3)C4=O)CC2)cc1.